The van der Waals surface area contributed by atoms with Crippen LogP contribution in [0, 0.1) is 17.5 Å². The quantitative estimate of drug-likeness (QED) is 0.515. The number of benzene rings is 2. The minimum atomic E-state index is -1.17. The van der Waals surface area contributed by atoms with Gasteiger partial charge in [-0.15, -0.1) is 0 Å². The van der Waals surface area contributed by atoms with Crippen molar-refractivity contribution in [2.75, 3.05) is 18.0 Å². The van der Waals surface area contributed by atoms with Gasteiger partial charge in [-0.2, -0.15) is 0 Å². The molecular formula is C24H22F3N3O4. The van der Waals surface area contributed by atoms with Crippen LogP contribution < -0.4 is 15.5 Å². The van der Waals surface area contributed by atoms with Crippen LogP contribution in [0.4, 0.5) is 23.7 Å². The van der Waals surface area contributed by atoms with Crippen LogP contribution in [0.2, 0.25) is 0 Å². The summed E-state index contributed by atoms with van der Waals surface area (Å²) in [5, 5.41) is 5.51. The molecule has 1 aliphatic heterocycles. The van der Waals surface area contributed by atoms with Crippen molar-refractivity contribution >= 4 is 17.7 Å². The SMILES string of the molecule is CC(=O)NCC1CN(c2ccc(-c3ccc(CNCc4ccco4)c(F)c3F)c(F)c2)C(=O)O1. The lowest BCUT2D eigenvalue weighted by Gasteiger charge is -2.15. The fraction of sp³-hybridized carbons (Fsp3) is 0.250. The van der Waals surface area contributed by atoms with Gasteiger partial charge in [-0.05, 0) is 30.3 Å². The monoisotopic (exact) mass is 473 g/mol. The molecule has 4 rings (SSSR count). The molecule has 1 aliphatic rings. The highest BCUT2D eigenvalue weighted by atomic mass is 19.2. The Bertz CT molecular complexity index is 1200. The predicted octanol–water partition coefficient (Wildman–Crippen LogP) is 4.12. The number of hydrogen-bond acceptors (Lipinski definition) is 5. The molecule has 2 amide bonds. The number of rotatable bonds is 8. The number of carbonyl (C=O) groups excluding carboxylic acids is 2. The van der Waals surface area contributed by atoms with E-state index in [4.69, 9.17) is 9.15 Å². The zero-order valence-electron chi connectivity index (χ0n) is 18.2. The Balaban J connectivity index is 1.47. The second-order valence-corrected chi connectivity index (χ2v) is 7.80. The molecule has 1 aromatic heterocycles. The Morgan fingerprint density at radius 3 is 2.59 bits per heavy atom. The second kappa shape index (κ2) is 10.0. The number of ether oxygens (including phenoxy) is 1. The summed E-state index contributed by atoms with van der Waals surface area (Å²) >= 11 is 0. The van der Waals surface area contributed by atoms with E-state index in [-0.39, 0.29) is 47.9 Å². The Hall–Kier alpha value is -3.79. The molecule has 0 spiro atoms. The van der Waals surface area contributed by atoms with Gasteiger partial charge < -0.3 is 19.8 Å². The zero-order valence-corrected chi connectivity index (χ0v) is 18.2. The second-order valence-electron chi connectivity index (χ2n) is 7.80. The van der Waals surface area contributed by atoms with Crippen molar-refractivity contribution in [3.05, 3.63) is 77.5 Å². The van der Waals surface area contributed by atoms with Gasteiger partial charge in [-0.25, -0.2) is 18.0 Å². The van der Waals surface area contributed by atoms with Gasteiger partial charge in [0.05, 0.1) is 31.6 Å². The number of carbonyl (C=O) groups is 2. The van der Waals surface area contributed by atoms with Crippen molar-refractivity contribution in [1.82, 2.24) is 10.6 Å². The topological polar surface area (TPSA) is 83.8 Å². The van der Waals surface area contributed by atoms with Crippen LogP contribution in [0.5, 0.6) is 0 Å². The molecule has 0 saturated carbocycles. The molecule has 0 bridgehead atoms. The number of hydrogen-bond donors (Lipinski definition) is 2. The number of anilines is 1. The van der Waals surface area contributed by atoms with Crippen LogP contribution in [0.1, 0.15) is 18.2 Å². The maximum absolute atomic E-state index is 14.9. The predicted molar refractivity (Wildman–Crippen MR) is 117 cm³/mol. The van der Waals surface area contributed by atoms with Gasteiger partial charge in [0, 0.05) is 30.2 Å². The van der Waals surface area contributed by atoms with Gasteiger partial charge in [-0.3, -0.25) is 9.69 Å². The van der Waals surface area contributed by atoms with Gasteiger partial charge in [0.2, 0.25) is 5.91 Å². The summed E-state index contributed by atoms with van der Waals surface area (Å²) in [5.74, 6) is -2.67. The molecule has 0 aliphatic carbocycles. The van der Waals surface area contributed by atoms with E-state index in [1.807, 2.05) is 0 Å². The van der Waals surface area contributed by atoms with Crippen molar-refractivity contribution in [3.63, 3.8) is 0 Å². The highest BCUT2D eigenvalue weighted by molar-refractivity contribution is 5.90. The molecule has 34 heavy (non-hydrogen) atoms. The van der Waals surface area contributed by atoms with Crippen molar-refractivity contribution in [2.45, 2.75) is 26.1 Å². The fourth-order valence-electron chi connectivity index (χ4n) is 3.65. The summed E-state index contributed by atoms with van der Waals surface area (Å²) < 4.78 is 54.7. The van der Waals surface area contributed by atoms with Gasteiger partial charge >= 0.3 is 6.09 Å². The molecule has 1 unspecified atom stereocenters. The number of amides is 2. The third kappa shape index (κ3) is 5.07. The molecule has 2 N–H and O–H groups in total. The minimum absolute atomic E-state index is 0.0574. The number of cyclic esters (lactones) is 1. The first-order valence-corrected chi connectivity index (χ1v) is 10.6. The van der Waals surface area contributed by atoms with Crippen molar-refractivity contribution in [2.24, 2.45) is 0 Å². The molecule has 10 heteroatoms. The van der Waals surface area contributed by atoms with E-state index in [0.717, 1.165) is 6.07 Å². The first kappa shape index (κ1) is 23.4. The maximum atomic E-state index is 14.9. The summed E-state index contributed by atoms with van der Waals surface area (Å²) in [4.78, 5) is 24.4. The third-order valence-electron chi connectivity index (χ3n) is 5.36. The Kier molecular flexibility index (Phi) is 6.87. The fourth-order valence-corrected chi connectivity index (χ4v) is 3.65. The lowest BCUT2D eigenvalue weighted by atomic mass is 10.0. The number of furan rings is 1. The molecule has 0 radical (unpaired) electrons. The highest BCUT2D eigenvalue weighted by Gasteiger charge is 2.33. The number of halogens is 3. The van der Waals surface area contributed by atoms with Crippen LogP contribution >= 0.6 is 0 Å². The normalized spacial score (nSPS) is 15.5. The molecule has 178 valence electrons. The van der Waals surface area contributed by atoms with Crippen molar-refractivity contribution in [1.29, 1.82) is 0 Å². The average Bonchev–Trinajstić information content (AvgIpc) is 3.45. The molecule has 2 heterocycles. The van der Waals surface area contributed by atoms with E-state index in [1.54, 1.807) is 12.1 Å². The summed E-state index contributed by atoms with van der Waals surface area (Å²) in [7, 11) is 0. The van der Waals surface area contributed by atoms with Gasteiger partial charge in [0.1, 0.15) is 17.7 Å². The summed E-state index contributed by atoms with van der Waals surface area (Å²) in [5.41, 5.74) is -0.0764. The Morgan fingerprint density at radius 2 is 1.88 bits per heavy atom. The minimum Gasteiger partial charge on any atom is -0.468 e. The molecular weight excluding hydrogens is 451 g/mol. The summed E-state index contributed by atoms with van der Waals surface area (Å²) in [6, 6.07) is 9.96. The number of nitrogens with one attached hydrogen (secondary N) is 2. The first-order chi connectivity index (χ1) is 16.3. The highest BCUT2D eigenvalue weighted by Crippen LogP contribution is 2.32. The van der Waals surface area contributed by atoms with Gasteiger partial charge in [-0.1, -0.05) is 12.1 Å². The third-order valence-corrected chi connectivity index (χ3v) is 5.36. The van der Waals surface area contributed by atoms with Crippen molar-refractivity contribution < 1.29 is 31.9 Å². The van der Waals surface area contributed by atoms with Gasteiger partial charge in [0.25, 0.3) is 0 Å². The van der Waals surface area contributed by atoms with E-state index in [1.165, 1.54) is 42.4 Å². The first-order valence-electron chi connectivity index (χ1n) is 10.6. The lowest BCUT2D eigenvalue weighted by molar-refractivity contribution is -0.119. The molecule has 2 aromatic carbocycles. The van der Waals surface area contributed by atoms with Crippen LogP contribution in [-0.2, 0) is 22.6 Å². The van der Waals surface area contributed by atoms with E-state index in [0.29, 0.717) is 12.3 Å². The van der Waals surface area contributed by atoms with Crippen LogP contribution in [0.25, 0.3) is 11.1 Å². The molecule has 1 atom stereocenters. The molecule has 7 nitrogen and oxygen atoms in total. The van der Waals surface area contributed by atoms with E-state index in [9.17, 15) is 22.8 Å². The zero-order chi connectivity index (χ0) is 24.2. The lowest BCUT2D eigenvalue weighted by Crippen LogP contribution is -2.33. The smallest absolute Gasteiger partial charge is 0.414 e. The molecule has 1 fully saturated rings. The maximum Gasteiger partial charge on any atom is 0.414 e. The van der Waals surface area contributed by atoms with Crippen LogP contribution in [0.3, 0.4) is 0 Å². The van der Waals surface area contributed by atoms with Crippen LogP contribution in [0.15, 0.2) is 53.1 Å². The van der Waals surface area contributed by atoms with Crippen molar-refractivity contribution in [3.8, 4) is 11.1 Å². The number of nitrogens with zero attached hydrogens (tertiary/aromatic N) is 1. The van der Waals surface area contributed by atoms with E-state index in [2.05, 4.69) is 10.6 Å². The summed E-state index contributed by atoms with van der Waals surface area (Å²) in [6.07, 6.45) is 0.244. The van der Waals surface area contributed by atoms with Gasteiger partial charge in [0.15, 0.2) is 11.6 Å². The standard InChI is InChI=1S/C24H22F3N3O4/c1-14(31)29-12-18-13-30(24(32)34-18)16-5-7-19(21(25)9-16)20-6-4-15(22(26)23(20)27)10-28-11-17-3-2-8-33-17/h2-9,18,28H,10-13H2,1H3,(H,29,31). The largest absolute Gasteiger partial charge is 0.468 e. The Morgan fingerprint density at radius 1 is 1.09 bits per heavy atom. The Labute approximate surface area is 193 Å². The molecule has 3 aromatic rings. The summed E-state index contributed by atoms with van der Waals surface area (Å²) in [6.45, 7) is 1.99. The van der Waals surface area contributed by atoms with E-state index >= 15 is 0 Å². The molecule has 1 saturated heterocycles. The average molecular weight is 473 g/mol. The van der Waals surface area contributed by atoms with E-state index < -0.39 is 29.6 Å². The van der Waals surface area contributed by atoms with Crippen LogP contribution in [-0.4, -0.2) is 31.2 Å².